The van der Waals surface area contributed by atoms with Crippen molar-refractivity contribution in [3.05, 3.63) is 18.0 Å². The van der Waals surface area contributed by atoms with Crippen molar-refractivity contribution in [3.8, 4) is 0 Å². The number of rotatable bonds is 2. The number of morpholine rings is 1. The number of ether oxygens (including phenoxy) is 1. The minimum absolute atomic E-state index is 0.0412. The molecule has 1 unspecified atom stereocenters. The van der Waals surface area contributed by atoms with Gasteiger partial charge in [0.1, 0.15) is 5.69 Å². The number of pyridine rings is 1. The first kappa shape index (κ1) is 13.9. The largest absolute Gasteiger partial charge is 0.433 e. The fourth-order valence-electron chi connectivity index (χ4n) is 2.17. The van der Waals surface area contributed by atoms with Crippen molar-refractivity contribution < 1.29 is 17.9 Å². The average molecular weight is 275 g/mol. The number of alkyl halides is 3. The van der Waals surface area contributed by atoms with E-state index < -0.39 is 11.9 Å². The third-order valence-corrected chi connectivity index (χ3v) is 3.21. The van der Waals surface area contributed by atoms with Crippen LogP contribution in [-0.2, 0) is 10.9 Å². The SMILES string of the molecule is CCC1COCCN1c1cc(C(F)(F)F)ncc1N. The smallest absolute Gasteiger partial charge is 0.396 e. The lowest BCUT2D eigenvalue weighted by Crippen LogP contribution is -2.45. The summed E-state index contributed by atoms with van der Waals surface area (Å²) in [5, 5.41) is 0. The van der Waals surface area contributed by atoms with Crippen LogP contribution in [0.2, 0.25) is 0 Å². The highest BCUT2D eigenvalue weighted by atomic mass is 19.4. The standard InChI is InChI=1S/C12H16F3N3O/c1-2-8-7-19-4-3-18(8)10-5-11(12(13,14)15)17-6-9(10)16/h5-6,8H,2-4,7,16H2,1H3. The molecule has 1 fully saturated rings. The second-order valence-corrected chi connectivity index (χ2v) is 4.46. The molecule has 2 heterocycles. The fraction of sp³-hybridized carbons (Fsp3) is 0.583. The molecule has 0 spiro atoms. The number of nitrogens with zero attached hydrogens (tertiary/aromatic N) is 2. The van der Waals surface area contributed by atoms with Crippen molar-refractivity contribution in [1.82, 2.24) is 4.98 Å². The normalized spacial score (nSPS) is 20.6. The zero-order chi connectivity index (χ0) is 14.0. The summed E-state index contributed by atoms with van der Waals surface area (Å²) in [6, 6.07) is 1.06. The lowest BCUT2D eigenvalue weighted by Gasteiger charge is -2.37. The predicted octanol–water partition coefficient (Wildman–Crippen LogP) is 2.30. The van der Waals surface area contributed by atoms with Gasteiger partial charge in [0.25, 0.3) is 0 Å². The highest BCUT2D eigenvalue weighted by Gasteiger charge is 2.34. The number of hydrogen-bond acceptors (Lipinski definition) is 4. The van der Waals surface area contributed by atoms with Gasteiger partial charge in [0.05, 0.1) is 36.8 Å². The van der Waals surface area contributed by atoms with E-state index in [9.17, 15) is 13.2 Å². The van der Waals surface area contributed by atoms with Crippen LogP contribution >= 0.6 is 0 Å². The van der Waals surface area contributed by atoms with E-state index in [0.29, 0.717) is 25.4 Å². The zero-order valence-corrected chi connectivity index (χ0v) is 10.6. The molecule has 0 amide bonds. The summed E-state index contributed by atoms with van der Waals surface area (Å²) in [6.07, 6.45) is -2.61. The fourth-order valence-corrected chi connectivity index (χ4v) is 2.17. The molecule has 0 bridgehead atoms. The van der Waals surface area contributed by atoms with Crippen LogP contribution in [0, 0.1) is 0 Å². The number of nitrogen functional groups attached to an aromatic ring is 1. The van der Waals surface area contributed by atoms with Crippen molar-refractivity contribution in [3.63, 3.8) is 0 Å². The van der Waals surface area contributed by atoms with Crippen molar-refractivity contribution in [1.29, 1.82) is 0 Å². The lowest BCUT2D eigenvalue weighted by molar-refractivity contribution is -0.141. The van der Waals surface area contributed by atoms with E-state index in [1.165, 1.54) is 0 Å². The van der Waals surface area contributed by atoms with Gasteiger partial charge in [-0.05, 0) is 12.5 Å². The molecule has 1 atom stereocenters. The molecule has 4 nitrogen and oxygen atoms in total. The third-order valence-electron chi connectivity index (χ3n) is 3.21. The average Bonchev–Trinajstić information content (AvgIpc) is 2.38. The molecule has 1 aromatic heterocycles. The monoisotopic (exact) mass is 275 g/mol. The molecule has 7 heteroatoms. The second-order valence-electron chi connectivity index (χ2n) is 4.46. The number of hydrogen-bond donors (Lipinski definition) is 1. The Morgan fingerprint density at radius 1 is 1.53 bits per heavy atom. The van der Waals surface area contributed by atoms with E-state index in [4.69, 9.17) is 10.5 Å². The molecule has 0 aromatic carbocycles. The van der Waals surface area contributed by atoms with Crippen molar-refractivity contribution >= 4 is 11.4 Å². The molecule has 0 radical (unpaired) electrons. The number of nitrogens with two attached hydrogens (primary N) is 1. The Morgan fingerprint density at radius 3 is 2.89 bits per heavy atom. The van der Waals surface area contributed by atoms with Crippen LogP contribution in [0.3, 0.4) is 0 Å². The molecule has 106 valence electrons. The Balaban J connectivity index is 2.37. The van der Waals surface area contributed by atoms with E-state index in [1.54, 1.807) is 0 Å². The number of halogens is 3. The third kappa shape index (κ3) is 2.91. The molecule has 19 heavy (non-hydrogen) atoms. The quantitative estimate of drug-likeness (QED) is 0.899. The highest BCUT2D eigenvalue weighted by Crippen LogP contribution is 2.34. The summed E-state index contributed by atoms with van der Waals surface area (Å²) in [5.74, 6) is 0. The van der Waals surface area contributed by atoms with Crippen LogP contribution in [0.25, 0.3) is 0 Å². The van der Waals surface area contributed by atoms with Gasteiger partial charge in [-0.2, -0.15) is 13.2 Å². The molecule has 1 aliphatic rings. The Morgan fingerprint density at radius 2 is 2.26 bits per heavy atom. The first-order chi connectivity index (χ1) is 8.93. The van der Waals surface area contributed by atoms with Gasteiger partial charge in [-0.1, -0.05) is 6.92 Å². The summed E-state index contributed by atoms with van der Waals surface area (Å²) < 4.78 is 43.4. The Bertz CT molecular complexity index is 450. The Labute approximate surface area is 109 Å². The summed E-state index contributed by atoms with van der Waals surface area (Å²) in [5.41, 5.74) is 5.49. The van der Waals surface area contributed by atoms with Gasteiger partial charge >= 0.3 is 6.18 Å². The minimum atomic E-state index is -4.46. The van der Waals surface area contributed by atoms with Gasteiger partial charge in [-0.3, -0.25) is 0 Å². The zero-order valence-electron chi connectivity index (χ0n) is 10.6. The van der Waals surface area contributed by atoms with Crippen LogP contribution in [0.5, 0.6) is 0 Å². The van der Waals surface area contributed by atoms with Gasteiger partial charge in [0, 0.05) is 6.54 Å². The predicted molar refractivity (Wildman–Crippen MR) is 65.9 cm³/mol. The summed E-state index contributed by atoms with van der Waals surface area (Å²) in [6.45, 7) is 3.48. The van der Waals surface area contributed by atoms with Crippen LogP contribution in [0.15, 0.2) is 12.3 Å². The number of anilines is 2. The Kier molecular flexibility index (Phi) is 3.84. The van der Waals surface area contributed by atoms with Crippen LogP contribution in [0.1, 0.15) is 19.0 Å². The first-order valence-electron chi connectivity index (χ1n) is 6.10. The summed E-state index contributed by atoms with van der Waals surface area (Å²) in [4.78, 5) is 5.22. The van der Waals surface area contributed by atoms with E-state index in [0.717, 1.165) is 18.7 Å². The van der Waals surface area contributed by atoms with Gasteiger partial charge in [0.15, 0.2) is 0 Å². The number of aromatic nitrogens is 1. The molecule has 2 rings (SSSR count). The maximum absolute atomic E-state index is 12.7. The van der Waals surface area contributed by atoms with E-state index in [-0.39, 0.29) is 11.7 Å². The van der Waals surface area contributed by atoms with Gasteiger partial charge in [-0.25, -0.2) is 4.98 Å². The van der Waals surface area contributed by atoms with Crippen molar-refractivity contribution in [2.75, 3.05) is 30.4 Å². The highest BCUT2D eigenvalue weighted by molar-refractivity contribution is 5.67. The molecular weight excluding hydrogens is 259 g/mol. The summed E-state index contributed by atoms with van der Waals surface area (Å²) >= 11 is 0. The van der Waals surface area contributed by atoms with Crippen LogP contribution in [0.4, 0.5) is 24.5 Å². The molecule has 1 aromatic rings. The Hall–Kier alpha value is -1.50. The van der Waals surface area contributed by atoms with Crippen LogP contribution < -0.4 is 10.6 Å². The molecule has 1 aliphatic heterocycles. The van der Waals surface area contributed by atoms with Crippen molar-refractivity contribution in [2.45, 2.75) is 25.6 Å². The van der Waals surface area contributed by atoms with Crippen LogP contribution in [-0.4, -0.2) is 30.8 Å². The van der Waals surface area contributed by atoms with E-state index >= 15 is 0 Å². The molecule has 0 saturated carbocycles. The first-order valence-corrected chi connectivity index (χ1v) is 6.10. The van der Waals surface area contributed by atoms with Gasteiger partial charge in [0.2, 0.25) is 0 Å². The van der Waals surface area contributed by atoms with Gasteiger partial charge < -0.3 is 15.4 Å². The molecular formula is C12H16F3N3O. The molecule has 2 N–H and O–H groups in total. The minimum Gasteiger partial charge on any atom is -0.396 e. The molecule has 0 aliphatic carbocycles. The topological polar surface area (TPSA) is 51.4 Å². The van der Waals surface area contributed by atoms with E-state index in [1.807, 2.05) is 11.8 Å². The van der Waals surface area contributed by atoms with Gasteiger partial charge in [-0.15, -0.1) is 0 Å². The summed E-state index contributed by atoms with van der Waals surface area (Å²) in [7, 11) is 0. The maximum Gasteiger partial charge on any atom is 0.433 e. The maximum atomic E-state index is 12.7. The molecule has 1 saturated heterocycles. The second kappa shape index (κ2) is 5.24. The van der Waals surface area contributed by atoms with Crippen molar-refractivity contribution in [2.24, 2.45) is 0 Å². The van der Waals surface area contributed by atoms with E-state index in [2.05, 4.69) is 4.98 Å². The lowest BCUT2D eigenvalue weighted by atomic mass is 10.1.